The molecule has 1 amide bonds. The number of benzene rings is 1. The number of nitrogens with zero attached hydrogens (tertiary/aromatic N) is 1. The number of thiophene rings is 2. The van der Waals surface area contributed by atoms with E-state index in [0.717, 1.165) is 15.4 Å². The van der Waals surface area contributed by atoms with Crippen LogP contribution in [0.1, 0.15) is 23.6 Å². The van der Waals surface area contributed by atoms with Crippen molar-refractivity contribution in [3.8, 4) is 0 Å². The Morgan fingerprint density at radius 3 is 2.36 bits per heavy atom. The van der Waals surface area contributed by atoms with E-state index in [-0.39, 0.29) is 5.91 Å². The monoisotopic (exact) mass is 411 g/mol. The van der Waals surface area contributed by atoms with Gasteiger partial charge in [0, 0.05) is 22.0 Å². The van der Waals surface area contributed by atoms with Gasteiger partial charge in [-0.15, -0.1) is 22.7 Å². The molecular formula is C22H21NO3S2. The number of anilines is 1. The van der Waals surface area contributed by atoms with Crippen LogP contribution in [0.3, 0.4) is 0 Å². The second-order valence-corrected chi connectivity index (χ2v) is 7.94. The van der Waals surface area contributed by atoms with Crippen molar-refractivity contribution in [3.05, 3.63) is 75.1 Å². The van der Waals surface area contributed by atoms with E-state index in [1.165, 1.54) is 11.3 Å². The average molecular weight is 412 g/mol. The third-order valence-electron chi connectivity index (χ3n) is 4.12. The average Bonchev–Trinajstić information content (AvgIpc) is 3.41. The Morgan fingerprint density at radius 1 is 1.04 bits per heavy atom. The summed E-state index contributed by atoms with van der Waals surface area (Å²) in [6.07, 6.45) is 0.921. The maximum Gasteiger partial charge on any atom is 0.340 e. The van der Waals surface area contributed by atoms with Crippen LogP contribution in [0.4, 0.5) is 5.69 Å². The number of likely N-dealkylation sites (N-methyl/N-ethyl adjacent to an activating group) is 1. The number of ether oxygens (including phenoxy) is 1. The zero-order chi connectivity index (χ0) is 19.9. The van der Waals surface area contributed by atoms with Crippen molar-refractivity contribution < 1.29 is 14.3 Å². The fraction of sp³-hybridized carbons (Fsp3) is 0.182. The lowest BCUT2D eigenvalue weighted by Crippen LogP contribution is -2.40. The number of hydrogen-bond acceptors (Lipinski definition) is 5. The van der Waals surface area contributed by atoms with Gasteiger partial charge in [0.15, 0.2) is 6.10 Å². The minimum Gasteiger partial charge on any atom is -0.449 e. The van der Waals surface area contributed by atoms with Crippen LogP contribution in [0.25, 0.3) is 11.6 Å². The third-order valence-corrected chi connectivity index (χ3v) is 5.84. The normalized spacial score (nSPS) is 12.4. The number of amides is 1. The predicted molar refractivity (Wildman–Crippen MR) is 117 cm³/mol. The molecule has 4 nitrogen and oxygen atoms in total. The van der Waals surface area contributed by atoms with Crippen LogP contribution in [-0.2, 0) is 14.3 Å². The first-order valence-corrected chi connectivity index (χ1v) is 10.7. The van der Waals surface area contributed by atoms with E-state index < -0.39 is 12.1 Å². The Kier molecular flexibility index (Phi) is 6.79. The first kappa shape index (κ1) is 20.0. The van der Waals surface area contributed by atoms with Crippen LogP contribution in [0.15, 0.2) is 65.4 Å². The Hall–Kier alpha value is -2.70. The highest BCUT2D eigenvalue weighted by molar-refractivity contribution is 7.12. The van der Waals surface area contributed by atoms with Crippen molar-refractivity contribution in [2.24, 2.45) is 0 Å². The lowest BCUT2D eigenvalue weighted by Gasteiger charge is -2.24. The van der Waals surface area contributed by atoms with Crippen LogP contribution in [0.2, 0.25) is 0 Å². The summed E-state index contributed by atoms with van der Waals surface area (Å²) in [5, 5.41) is 3.86. The molecule has 1 atom stereocenters. The number of para-hydroxylation sites is 1. The van der Waals surface area contributed by atoms with E-state index in [4.69, 9.17) is 4.74 Å². The van der Waals surface area contributed by atoms with Crippen molar-refractivity contribution in [1.29, 1.82) is 0 Å². The first-order chi connectivity index (χ1) is 13.6. The molecule has 0 bridgehead atoms. The molecule has 0 N–H and O–H groups in total. The summed E-state index contributed by atoms with van der Waals surface area (Å²) in [6, 6.07) is 17.0. The van der Waals surface area contributed by atoms with Crippen LogP contribution in [-0.4, -0.2) is 24.5 Å². The van der Waals surface area contributed by atoms with Gasteiger partial charge in [-0.2, -0.15) is 0 Å². The molecule has 0 fully saturated rings. The first-order valence-electron chi connectivity index (χ1n) is 8.96. The summed E-state index contributed by atoms with van der Waals surface area (Å²) in [6.45, 7) is 4.00. The minimum atomic E-state index is -0.889. The SMILES string of the molecule is CCN(C(=O)[C@@H](C)OC(=O)/C(=C/c1cccs1)c1cccs1)c1ccccc1. The second-order valence-electron chi connectivity index (χ2n) is 6.02. The van der Waals surface area contributed by atoms with E-state index in [1.807, 2.05) is 78.4 Å². The largest absolute Gasteiger partial charge is 0.449 e. The molecule has 0 radical (unpaired) electrons. The zero-order valence-corrected chi connectivity index (χ0v) is 17.3. The maximum absolute atomic E-state index is 12.9. The van der Waals surface area contributed by atoms with Gasteiger partial charge >= 0.3 is 5.97 Å². The highest BCUT2D eigenvalue weighted by Crippen LogP contribution is 2.26. The lowest BCUT2D eigenvalue weighted by molar-refractivity contribution is -0.148. The topological polar surface area (TPSA) is 46.6 Å². The molecule has 144 valence electrons. The number of rotatable bonds is 7. The summed E-state index contributed by atoms with van der Waals surface area (Å²) in [4.78, 5) is 29.1. The fourth-order valence-corrected chi connectivity index (χ4v) is 4.13. The molecule has 0 saturated heterocycles. The van der Waals surface area contributed by atoms with Crippen molar-refractivity contribution in [2.75, 3.05) is 11.4 Å². The molecule has 1 aromatic carbocycles. The van der Waals surface area contributed by atoms with Gasteiger partial charge in [0.05, 0.1) is 5.57 Å². The molecule has 3 rings (SSSR count). The molecule has 0 aliphatic rings. The number of carbonyl (C=O) groups excluding carboxylic acids is 2. The van der Waals surface area contributed by atoms with Gasteiger partial charge in [0.2, 0.25) is 0 Å². The van der Waals surface area contributed by atoms with Crippen LogP contribution in [0, 0.1) is 0 Å². The summed E-state index contributed by atoms with van der Waals surface area (Å²) < 4.78 is 5.56. The number of esters is 1. The molecule has 0 unspecified atom stereocenters. The van der Waals surface area contributed by atoms with Gasteiger partial charge in [-0.3, -0.25) is 4.79 Å². The van der Waals surface area contributed by atoms with Gasteiger partial charge in [0.25, 0.3) is 5.91 Å². The molecule has 2 aromatic heterocycles. The Morgan fingerprint density at radius 2 is 1.75 bits per heavy atom. The van der Waals surface area contributed by atoms with Crippen molar-refractivity contribution in [1.82, 2.24) is 0 Å². The van der Waals surface area contributed by atoms with Crippen LogP contribution in [0.5, 0.6) is 0 Å². The van der Waals surface area contributed by atoms with E-state index in [0.29, 0.717) is 12.1 Å². The molecule has 0 saturated carbocycles. The van der Waals surface area contributed by atoms with Gasteiger partial charge in [-0.05, 0) is 54.9 Å². The maximum atomic E-state index is 12.9. The van der Waals surface area contributed by atoms with E-state index >= 15 is 0 Å². The van der Waals surface area contributed by atoms with E-state index in [1.54, 1.807) is 23.2 Å². The molecular weight excluding hydrogens is 390 g/mol. The van der Waals surface area contributed by atoms with Crippen molar-refractivity contribution in [2.45, 2.75) is 20.0 Å². The van der Waals surface area contributed by atoms with Crippen LogP contribution >= 0.6 is 22.7 Å². The summed E-state index contributed by atoms with van der Waals surface area (Å²) in [5.74, 6) is -0.746. The third kappa shape index (κ3) is 4.77. The summed E-state index contributed by atoms with van der Waals surface area (Å²) in [7, 11) is 0. The van der Waals surface area contributed by atoms with E-state index in [9.17, 15) is 9.59 Å². The fourth-order valence-electron chi connectivity index (χ4n) is 2.75. The number of carbonyl (C=O) groups is 2. The lowest BCUT2D eigenvalue weighted by atomic mass is 10.2. The highest BCUT2D eigenvalue weighted by Gasteiger charge is 2.26. The van der Waals surface area contributed by atoms with Gasteiger partial charge < -0.3 is 9.64 Å². The summed E-state index contributed by atoms with van der Waals surface area (Å²) in [5.41, 5.74) is 1.24. The Balaban J connectivity index is 1.78. The predicted octanol–water partition coefficient (Wildman–Crippen LogP) is 5.34. The van der Waals surface area contributed by atoms with Crippen molar-refractivity contribution in [3.63, 3.8) is 0 Å². The standard InChI is InChI=1S/C22H21NO3S2/c1-3-23(17-9-5-4-6-10-17)21(24)16(2)26-22(25)19(20-12-8-14-28-20)15-18-11-7-13-27-18/h4-16H,3H2,1-2H3/b19-15+/t16-/m1/s1. The zero-order valence-electron chi connectivity index (χ0n) is 15.7. The molecule has 28 heavy (non-hydrogen) atoms. The van der Waals surface area contributed by atoms with Crippen molar-refractivity contribution >= 4 is 51.9 Å². The molecule has 2 heterocycles. The van der Waals surface area contributed by atoms with Gasteiger partial charge in [-0.1, -0.05) is 30.3 Å². The highest BCUT2D eigenvalue weighted by atomic mass is 32.1. The second kappa shape index (κ2) is 9.48. The number of hydrogen-bond donors (Lipinski definition) is 0. The Labute approximate surface area is 172 Å². The van der Waals surface area contributed by atoms with Gasteiger partial charge in [-0.25, -0.2) is 4.79 Å². The minimum absolute atomic E-state index is 0.247. The molecule has 3 aromatic rings. The summed E-state index contributed by atoms with van der Waals surface area (Å²) >= 11 is 3.01. The molecule has 0 spiro atoms. The quantitative estimate of drug-likeness (QED) is 0.390. The molecule has 0 aliphatic carbocycles. The molecule has 6 heteroatoms. The molecule has 0 aliphatic heterocycles. The van der Waals surface area contributed by atoms with Gasteiger partial charge in [0.1, 0.15) is 0 Å². The van der Waals surface area contributed by atoms with Crippen LogP contribution < -0.4 is 4.90 Å². The smallest absolute Gasteiger partial charge is 0.340 e. The Bertz CT molecular complexity index is 932. The van der Waals surface area contributed by atoms with E-state index in [2.05, 4.69) is 0 Å².